The average molecular weight is 259 g/mol. The Labute approximate surface area is 114 Å². The zero-order valence-corrected chi connectivity index (χ0v) is 11.8. The first-order valence-electron chi connectivity index (χ1n) is 6.50. The van der Waals surface area contributed by atoms with Gasteiger partial charge in [0.2, 0.25) is 0 Å². The molecule has 0 amide bonds. The van der Waals surface area contributed by atoms with E-state index in [2.05, 4.69) is 36.4 Å². The molecule has 19 heavy (non-hydrogen) atoms. The van der Waals surface area contributed by atoms with Gasteiger partial charge in [-0.2, -0.15) is 5.10 Å². The van der Waals surface area contributed by atoms with Crippen LogP contribution in [0.1, 0.15) is 20.3 Å². The standard InChI is InChI=1S/C15H21N3O/c1-15(2,19-3)9-11-16-13-7-4-5-8-14(13)18-12-6-10-17-18/h4-8,10,12,16H,9,11H2,1-3H3. The molecule has 0 unspecified atom stereocenters. The highest BCUT2D eigenvalue weighted by Crippen LogP contribution is 2.20. The van der Waals surface area contributed by atoms with Gasteiger partial charge in [-0.1, -0.05) is 12.1 Å². The maximum Gasteiger partial charge on any atom is 0.0876 e. The molecule has 1 N–H and O–H groups in total. The van der Waals surface area contributed by atoms with Gasteiger partial charge in [-0.05, 0) is 38.5 Å². The second-order valence-electron chi connectivity index (χ2n) is 5.11. The van der Waals surface area contributed by atoms with E-state index in [-0.39, 0.29) is 5.60 Å². The van der Waals surface area contributed by atoms with Crippen LogP contribution in [0.25, 0.3) is 5.69 Å². The van der Waals surface area contributed by atoms with E-state index >= 15 is 0 Å². The smallest absolute Gasteiger partial charge is 0.0876 e. The molecule has 1 heterocycles. The van der Waals surface area contributed by atoms with Gasteiger partial charge in [-0.25, -0.2) is 4.68 Å². The minimum atomic E-state index is -0.104. The molecule has 0 aliphatic rings. The van der Waals surface area contributed by atoms with E-state index in [9.17, 15) is 0 Å². The molecule has 0 saturated heterocycles. The fourth-order valence-electron chi connectivity index (χ4n) is 1.83. The van der Waals surface area contributed by atoms with E-state index in [1.54, 1.807) is 13.3 Å². The highest BCUT2D eigenvalue weighted by atomic mass is 16.5. The first kappa shape index (κ1) is 13.6. The Hall–Kier alpha value is -1.81. The van der Waals surface area contributed by atoms with E-state index in [0.717, 1.165) is 24.3 Å². The van der Waals surface area contributed by atoms with Crippen molar-refractivity contribution >= 4 is 5.69 Å². The molecule has 0 aliphatic carbocycles. The molecule has 0 saturated carbocycles. The molecular weight excluding hydrogens is 238 g/mol. The molecule has 0 bridgehead atoms. The fourth-order valence-corrected chi connectivity index (χ4v) is 1.83. The van der Waals surface area contributed by atoms with Crippen LogP contribution in [0.3, 0.4) is 0 Å². The second-order valence-corrected chi connectivity index (χ2v) is 5.11. The minimum absolute atomic E-state index is 0.104. The summed E-state index contributed by atoms with van der Waals surface area (Å²) in [4.78, 5) is 0. The van der Waals surface area contributed by atoms with Crippen molar-refractivity contribution < 1.29 is 4.74 Å². The summed E-state index contributed by atoms with van der Waals surface area (Å²) in [5.74, 6) is 0. The van der Waals surface area contributed by atoms with E-state index in [4.69, 9.17) is 4.74 Å². The zero-order chi connectivity index (χ0) is 13.7. The van der Waals surface area contributed by atoms with Gasteiger partial charge < -0.3 is 10.1 Å². The molecular formula is C15H21N3O. The molecule has 2 rings (SSSR count). The first-order valence-corrected chi connectivity index (χ1v) is 6.50. The Bertz CT molecular complexity index is 506. The van der Waals surface area contributed by atoms with Gasteiger partial charge in [0.1, 0.15) is 0 Å². The van der Waals surface area contributed by atoms with Gasteiger partial charge in [-0.3, -0.25) is 0 Å². The van der Waals surface area contributed by atoms with Crippen LogP contribution in [-0.4, -0.2) is 29.0 Å². The normalized spacial score (nSPS) is 11.5. The van der Waals surface area contributed by atoms with Crippen molar-refractivity contribution in [2.45, 2.75) is 25.9 Å². The lowest BCUT2D eigenvalue weighted by Gasteiger charge is -2.23. The summed E-state index contributed by atoms with van der Waals surface area (Å²) < 4.78 is 7.29. The van der Waals surface area contributed by atoms with Crippen molar-refractivity contribution in [1.82, 2.24) is 9.78 Å². The monoisotopic (exact) mass is 259 g/mol. The number of anilines is 1. The Morgan fingerprint density at radius 2 is 2.05 bits per heavy atom. The van der Waals surface area contributed by atoms with Crippen molar-refractivity contribution in [3.05, 3.63) is 42.7 Å². The predicted octanol–water partition coefficient (Wildman–Crippen LogP) is 3.10. The highest BCUT2D eigenvalue weighted by molar-refractivity contribution is 5.60. The van der Waals surface area contributed by atoms with Crippen molar-refractivity contribution in [2.75, 3.05) is 19.0 Å². The van der Waals surface area contributed by atoms with Gasteiger partial charge in [-0.15, -0.1) is 0 Å². The van der Waals surface area contributed by atoms with Crippen molar-refractivity contribution in [1.29, 1.82) is 0 Å². The van der Waals surface area contributed by atoms with E-state index < -0.39 is 0 Å². The number of nitrogens with zero attached hydrogens (tertiary/aromatic N) is 2. The summed E-state index contributed by atoms with van der Waals surface area (Å²) >= 11 is 0. The molecule has 0 fully saturated rings. The summed E-state index contributed by atoms with van der Waals surface area (Å²) in [7, 11) is 1.75. The summed E-state index contributed by atoms with van der Waals surface area (Å²) in [6.07, 6.45) is 4.67. The Balaban J connectivity index is 2.05. The third kappa shape index (κ3) is 3.58. The summed E-state index contributed by atoms with van der Waals surface area (Å²) in [5.41, 5.74) is 2.04. The predicted molar refractivity (Wildman–Crippen MR) is 77.8 cm³/mol. The lowest BCUT2D eigenvalue weighted by atomic mass is 10.1. The quantitative estimate of drug-likeness (QED) is 0.866. The molecule has 1 aromatic heterocycles. The average Bonchev–Trinajstić information content (AvgIpc) is 2.93. The topological polar surface area (TPSA) is 39.1 Å². The van der Waals surface area contributed by atoms with Crippen LogP contribution >= 0.6 is 0 Å². The Morgan fingerprint density at radius 3 is 2.74 bits per heavy atom. The number of para-hydroxylation sites is 2. The molecule has 0 radical (unpaired) electrons. The number of hydrogen-bond donors (Lipinski definition) is 1. The zero-order valence-electron chi connectivity index (χ0n) is 11.8. The molecule has 0 spiro atoms. The van der Waals surface area contributed by atoms with Crippen LogP contribution in [-0.2, 0) is 4.74 Å². The lowest BCUT2D eigenvalue weighted by Crippen LogP contribution is -2.26. The van der Waals surface area contributed by atoms with E-state index in [0.29, 0.717) is 0 Å². The molecule has 102 valence electrons. The number of rotatable bonds is 6. The maximum absolute atomic E-state index is 5.42. The summed E-state index contributed by atoms with van der Waals surface area (Å²) in [5, 5.41) is 7.72. The van der Waals surface area contributed by atoms with Gasteiger partial charge in [0.25, 0.3) is 0 Å². The highest BCUT2D eigenvalue weighted by Gasteiger charge is 2.15. The second kappa shape index (κ2) is 5.89. The fraction of sp³-hybridized carbons (Fsp3) is 0.400. The number of hydrogen-bond acceptors (Lipinski definition) is 3. The Kier molecular flexibility index (Phi) is 4.22. The van der Waals surface area contributed by atoms with Crippen molar-refractivity contribution in [2.24, 2.45) is 0 Å². The molecule has 2 aromatic rings. The van der Waals surface area contributed by atoms with E-state index in [1.165, 1.54) is 0 Å². The van der Waals surface area contributed by atoms with Crippen LogP contribution in [0.2, 0.25) is 0 Å². The van der Waals surface area contributed by atoms with E-state index in [1.807, 2.05) is 29.1 Å². The number of ether oxygens (including phenoxy) is 1. The third-order valence-electron chi connectivity index (χ3n) is 3.25. The molecule has 4 nitrogen and oxygen atoms in total. The maximum atomic E-state index is 5.42. The number of aromatic nitrogens is 2. The lowest BCUT2D eigenvalue weighted by molar-refractivity contribution is 0.0185. The molecule has 1 aromatic carbocycles. The van der Waals surface area contributed by atoms with Crippen LogP contribution in [0.5, 0.6) is 0 Å². The third-order valence-corrected chi connectivity index (χ3v) is 3.25. The molecule has 4 heteroatoms. The SMILES string of the molecule is COC(C)(C)CCNc1ccccc1-n1cccn1. The number of nitrogens with one attached hydrogen (secondary N) is 1. The van der Waals surface area contributed by atoms with Crippen LogP contribution in [0, 0.1) is 0 Å². The minimum Gasteiger partial charge on any atom is -0.383 e. The number of benzene rings is 1. The largest absolute Gasteiger partial charge is 0.383 e. The van der Waals surface area contributed by atoms with Crippen LogP contribution in [0.15, 0.2) is 42.7 Å². The van der Waals surface area contributed by atoms with Crippen LogP contribution < -0.4 is 5.32 Å². The van der Waals surface area contributed by atoms with Crippen molar-refractivity contribution in [3.8, 4) is 5.69 Å². The van der Waals surface area contributed by atoms with Crippen molar-refractivity contribution in [3.63, 3.8) is 0 Å². The summed E-state index contributed by atoms with van der Waals surface area (Å²) in [6, 6.07) is 10.1. The molecule has 0 aliphatic heterocycles. The molecule has 0 atom stereocenters. The Morgan fingerprint density at radius 1 is 1.26 bits per heavy atom. The number of methoxy groups -OCH3 is 1. The first-order chi connectivity index (χ1) is 9.12. The summed E-state index contributed by atoms with van der Waals surface area (Å²) in [6.45, 7) is 5.04. The van der Waals surface area contributed by atoms with Crippen LogP contribution in [0.4, 0.5) is 5.69 Å². The van der Waals surface area contributed by atoms with Gasteiger partial charge in [0.05, 0.1) is 17.0 Å². The van der Waals surface area contributed by atoms with Gasteiger partial charge in [0, 0.05) is 26.0 Å². The van der Waals surface area contributed by atoms with Gasteiger partial charge in [0.15, 0.2) is 0 Å². The van der Waals surface area contributed by atoms with Gasteiger partial charge >= 0.3 is 0 Å².